The Morgan fingerprint density at radius 3 is 2.90 bits per heavy atom. The summed E-state index contributed by atoms with van der Waals surface area (Å²) < 4.78 is 1.93. The van der Waals surface area contributed by atoms with Gasteiger partial charge in [-0.3, -0.25) is 19.5 Å². The Bertz CT molecular complexity index is 570. The van der Waals surface area contributed by atoms with Crippen molar-refractivity contribution < 1.29 is 5.11 Å². The molecule has 21 heavy (non-hydrogen) atoms. The van der Waals surface area contributed by atoms with Crippen LogP contribution in [0.2, 0.25) is 0 Å². The van der Waals surface area contributed by atoms with Crippen LogP contribution in [0.15, 0.2) is 31.0 Å². The van der Waals surface area contributed by atoms with Gasteiger partial charge in [-0.25, -0.2) is 0 Å². The lowest BCUT2D eigenvalue weighted by atomic mass is 10.0. The fourth-order valence-electron chi connectivity index (χ4n) is 2.89. The van der Waals surface area contributed by atoms with Crippen molar-refractivity contribution >= 4 is 0 Å². The molecule has 6 nitrogen and oxygen atoms in total. The minimum absolute atomic E-state index is 0.225. The highest BCUT2D eigenvalue weighted by Crippen LogP contribution is 2.22. The number of aliphatic hydroxyl groups is 1. The second kappa shape index (κ2) is 6.32. The van der Waals surface area contributed by atoms with Gasteiger partial charge in [0.1, 0.15) is 0 Å². The van der Waals surface area contributed by atoms with Crippen LogP contribution in [-0.2, 0) is 19.5 Å². The van der Waals surface area contributed by atoms with Gasteiger partial charge in [0.05, 0.1) is 18.0 Å². The number of nitrogens with zero attached hydrogens (tertiary/aromatic N) is 5. The standard InChI is InChI=1S/C15H21N5O/c1-2-20-9-12(6-18-20)8-19-10-13(15(21)11-19)5-14-7-16-3-4-17-14/h3-4,6-7,9,13,15,21H,2,5,8,10-11H2,1H3/t13-,15-/m1/s1. The molecule has 112 valence electrons. The molecule has 0 spiro atoms. The van der Waals surface area contributed by atoms with Gasteiger partial charge in [0.15, 0.2) is 0 Å². The largest absolute Gasteiger partial charge is 0.391 e. The summed E-state index contributed by atoms with van der Waals surface area (Å²) in [6.45, 7) is 5.40. The molecular weight excluding hydrogens is 266 g/mol. The van der Waals surface area contributed by atoms with Gasteiger partial charge in [0.2, 0.25) is 0 Å². The van der Waals surface area contributed by atoms with Gasteiger partial charge in [-0.1, -0.05) is 0 Å². The summed E-state index contributed by atoms with van der Waals surface area (Å²) in [5.74, 6) is 0.225. The summed E-state index contributed by atoms with van der Waals surface area (Å²) >= 11 is 0. The van der Waals surface area contributed by atoms with E-state index < -0.39 is 0 Å². The fraction of sp³-hybridized carbons (Fsp3) is 0.533. The van der Waals surface area contributed by atoms with Crippen molar-refractivity contribution in [3.8, 4) is 0 Å². The highest BCUT2D eigenvalue weighted by molar-refractivity contribution is 5.06. The summed E-state index contributed by atoms with van der Waals surface area (Å²) in [4.78, 5) is 10.7. The zero-order valence-corrected chi connectivity index (χ0v) is 12.3. The SMILES string of the molecule is CCn1cc(CN2C[C@@H](Cc3cnccn3)[C@H](O)C2)cn1. The van der Waals surface area contributed by atoms with E-state index in [1.807, 2.05) is 10.9 Å². The molecule has 1 N–H and O–H groups in total. The lowest BCUT2D eigenvalue weighted by molar-refractivity contribution is 0.140. The van der Waals surface area contributed by atoms with Crippen LogP contribution >= 0.6 is 0 Å². The van der Waals surface area contributed by atoms with E-state index in [1.54, 1.807) is 18.6 Å². The van der Waals surface area contributed by atoms with Crippen LogP contribution in [0.1, 0.15) is 18.2 Å². The van der Waals surface area contributed by atoms with E-state index in [2.05, 4.69) is 33.1 Å². The van der Waals surface area contributed by atoms with Gasteiger partial charge in [-0.05, 0) is 13.3 Å². The molecule has 3 heterocycles. The van der Waals surface area contributed by atoms with Crippen LogP contribution in [0.5, 0.6) is 0 Å². The monoisotopic (exact) mass is 287 g/mol. The van der Waals surface area contributed by atoms with Gasteiger partial charge in [0, 0.05) is 62.4 Å². The molecule has 2 aromatic heterocycles. The van der Waals surface area contributed by atoms with E-state index >= 15 is 0 Å². The van der Waals surface area contributed by atoms with Crippen molar-refractivity contribution in [2.24, 2.45) is 5.92 Å². The Morgan fingerprint density at radius 2 is 2.19 bits per heavy atom. The average molecular weight is 287 g/mol. The molecule has 1 aliphatic heterocycles. The minimum Gasteiger partial charge on any atom is -0.391 e. The molecule has 0 unspecified atom stereocenters. The molecular formula is C15H21N5O. The van der Waals surface area contributed by atoms with Crippen LogP contribution in [0.25, 0.3) is 0 Å². The number of hydrogen-bond acceptors (Lipinski definition) is 5. The Morgan fingerprint density at radius 1 is 1.29 bits per heavy atom. The van der Waals surface area contributed by atoms with Crippen LogP contribution in [0, 0.1) is 5.92 Å². The Kier molecular flexibility index (Phi) is 4.26. The number of likely N-dealkylation sites (tertiary alicyclic amines) is 1. The highest BCUT2D eigenvalue weighted by atomic mass is 16.3. The summed E-state index contributed by atoms with van der Waals surface area (Å²) in [6.07, 6.45) is 9.61. The molecule has 0 saturated carbocycles. The number of aryl methyl sites for hydroxylation is 1. The Balaban J connectivity index is 1.58. The molecule has 2 aromatic rings. The van der Waals surface area contributed by atoms with E-state index in [-0.39, 0.29) is 12.0 Å². The first-order valence-corrected chi connectivity index (χ1v) is 7.41. The molecule has 1 aliphatic rings. The maximum atomic E-state index is 10.2. The maximum Gasteiger partial charge on any atom is 0.0711 e. The summed E-state index contributed by atoms with van der Waals surface area (Å²) in [5.41, 5.74) is 2.14. The molecule has 6 heteroatoms. The number of aliphatic hydroxyl groups excluding tert-OH is 1. The van der Waals surface area contributed by atoms with Crippen LogP contribution in [-0.4, -0.2) is 48.9 Å². The third kappa shape index (κ3) is 3.46. The first-order chi connectivity index (χ1) is 10.2. The first kappa shape index (κ1) is 14.2. The maximum absolute atomic E-state index is 10.2. The second-order valence-corrected chi connectivity index (χ2v) is 5.63. The van der Waals surface area contributed by atoms with Crippen molar-refractivity contribution in [2.45, 2.75) is 32.5 Å². The fourth-order valence-corrected chi connectivity index (χ4v) is 2.89. The van der Waals surface area contributed by atoms with E-state index in [1.165, 1.54) is 5.56 Å². The minimum atomic E-state index is -0.298. The van der Waals surface area contributed by atoms with E-state index in [4.69, 9.17) is 0 Å². The van der Waals surface area contributed by atoms with E-state index in [0.717, 1.165) is 31.7 Å². The predicted octanol–water partition coefficient (Wildman–Crippen LogP) is 0.728. The van der Waals surface area contributed by atoms with Crippen molar-refractivity contribution in [1.82, 2.24) is 24.6 Å². The van der Waals surface area contributed by atoms with Crippen molar-refractivity contribution in [3.05, 3.63) is 42.2 Å². The average Bonchev–Trinajstić information content (AvgIpc) is 3.08. The molecule has 2 atom stereocenters. The van der Waals surface area contributed by atoms with Crippen molar-refractivity contribution in [2.75, 3.05) is 13.1 Å². The highest BCUT2D eigenvalue weighted by Gasteiger charge is 2.31. The van der Waals surface area contributed by atoms with E-state index in [9.17, 15) is 5.11 Å². The molecule has 1 fully saturated rings. The molecule has 0 bridgehead atoms. The summed E-state index contributed by atoms with van der Waals surface area (Å²) in [6, 6.07) is 0. The Hall–Kier alpha value is -1.79. The molecule has 0 aromatic carbocycles. The normalized spacial score (nSPS) is 22.8. The summed E-state index contributed by atoms with van der Waals surface area (Å²) in [5, 5.41) is 14.5. The molecule has 3 rings (SSSR count). The van der Waals surface area contributed by atoms with Crippen LogP contribution < -0.4 is 0 Å². The quantitative estimate of drug-likeness (QED) is 0.878. The van der Waals surface area contributed by atoms with Gasteiger partial charge in [-0.15, -0.1) is 0 Å². The molecule has 1 saturated heterocycles. The summed E-state index contributed by atoms with van der Waals surface area (Å²) in [7, 11) is 0. The zero-order chi connectivity index (χ0) is 14.7. The number of aromatic nitrogens is 4. The number of β-amino-alcohol motifs (C(OH)–C–C–N with tert-alkyl or cyclic N) is 1. The third-order valence-electron chi connectivity index (χ3n) is 3.99. The molecule has 0 radical (unpaired) electrons. The van der Waals surface area contributed by atoms with Gasteiger partial charge < -0.3 is 5.11 Å². The van der Waals surface area contributed by atoms with Crippen molar-refractivity contribution in [1.29, 1.82) is 0 Å². The predicted molar refractivity (Wildman–Crippen MR) is 78.4 cm³/mol. The van der Waals surface area contributed by atoms with E-state index in [0.29, 0.717) is 6.54 Å². The third-order valence-corrected chi connectivity index (χ3v) is 3.99. The molecule has 0 aliphatic carbocycles. The molecule has 0 amide bonds. The second-order valence-electron chi connectivity index (χ2n) is 5.63. The lowest BCUT2D eigenvalue weighted by Gasteiger charge is -2.14. The first-order valence-electron chi connectivity index (χ1n) is 7.41. The Labute approximate surface area is 124 Å². The number of rotatable bonds is 5. The number of hydrogen-bond donors (Lipinski definition) is 1. The van der Waals surface area contributed by atoms with Crippen LogP contribution in [0.4, 0.5) is 0 Å². The smallest absolute Gasteiger partial charge is 0.0711 e. The zero-order valence-electron chi connectivity index (χ0n) is 12.3. The lowest BCUT2D eigenvalue weighted by Crippen LogP contribution is -2.21. The van der Waals surface area contributed by atoms with Gasteiger partial charge in [0.25, 0.3) is 0 Å². The van der Waals surface area contributed by atoms with Crippen molar-refractivity contribution in [3.63, 3.8) is 0 Å². The van der Waals surface area contributed by atoms with Gasteiger partial charge >= 0.3 is 0 Å². The van der Waals surface area contributed by atoms with Crippen LogP contribution in [0.3, 0.4) is 0 Å². The van der Waals surface area contributed by atoms with Gasteiger partial charge in [-0.2, -0.15) is 5.10 Å². The topological polar surface area (TPSA) is 67.1 Å².